The fraction of sp³-hybridized carbons (Fsp3) is 0.357. The first kappa shape index (κ1) is 13.2. The molecule has 4 heteroatoms. The lowest BCUT2D eigenvalue weighted by Gasteiger charge is -2.04. The Kier molecular flexibility index (Phi) is 3.80. The normalized spacial score (nSPS) is 12.7. The van der Waals surface area contributed by atoms with Gasteiger partial charge in [-0.25, -0.2) is 4.98 Å². The Morgan fingerprint density at radius 2 is 2.06 bits per heavy atom. The van der Waals surface area contributed by atoms with Crippen molar-refractivity contribution in [3.63, 3.8) is 0 Å². The molecule has 2 rings (SSSR count). The Morgan fingerprint density at radius 3 is 2.67 bits per heavy atom. The summed E-state index contributed by atoms with van der Waals surface area (Å²) >= 11 is 1.52. The van der Waals surface area contributed by atoms with Gasteiger partial charge in [0.05, 0.1) is 10.6 Å². The SMILES string of the molecule is Cc1ccc(-c2nc(C)c(C(O)CN)s2)c(C)c1. The van der Waals surface area contributed by atoms with E-state index in [-0.39, 0.29) is 6.54 Å². The van der Waals surface area contributed by atoms with E-state index in [0.29, 0.717) is 0 Å². The van der Waals surface area contributed by atoms with Gasteiger partial charge >= 0.3 is 0 Å². The van der Waals surface area contributed by atoms with E-state index < -0.39 is 6.10 Å². The van der Waals surface area contributed by atoms with Crippen LogP contribution in [0.25, 0.3) is 10.6 Å². The van der Waals surface area contributed by atoms with Crippen molar-refractivity contribution in [1.29, 1.82) is 0 Å². The lowest BCUT2D eigenvalue weighted by Crippen LogP contribution is -2.10. The third-order valence-corrected chi connectivity index (χ3v) is 4.26. The lowest BCUT2D eigenvalue weighted by atomic mass is 10.1. The molecule has 1 aromatic carbocycles. The molecule has 0 aliphatic heterocycles. The molecule has 96 valence electrons. The molecule has 18 heavy (non-hydrogen) atoms. The Morgan fingerprint density at radius 1 is 1.33 bits per heavy atom. The maximum absolute atomic E-state index is 9.83. The third-order valence-electron chi connectivity index (χ3n) is 2.97. The third kappa shape index (κ3) is 2.46. The van der Waals surface area contributed by atoms with Crippen molar-refractivity contribution in [3.05, 3.63) is 39.9 Å². The number of aliphatic hydroxyl groups excluding tert-OH is 1. The van der Waals surface area contributed by atoms with Gasteiger partial charge in [0.1, 0.15) is 11.1 Å². The first-order valence-corrected chi connectivity index (χ1v) is 6.77. The largest absolute Gasteiger partial charge is 0.386 e. The van der Waals surface area contributed by atoms with E-state index in [1.54, 1.807) is 0 Å². The molecule has 3 nitrogen and oxygen atoms in total. The van der Waals surface area contributed by atoms with E-state index >= 15 is 0 Å². The number of rotatable bonds is 3. The van der Waals surface area contributed by atoms with Crippen LogP contribution < -0.4 is 5.73 Å². The van der Waals surface area contributed by atoms with Crippen LogP contribution in [0.3, 0.4) is 0 Å². The number of hydrogen-bond donors (Lipinski definition) is 2. The summed E-state index contributed by atoms with van der Waals surface area (Å²) in [6, 6.07) is 6.31. The molecule has 0 aliphatic carbocycles. The zero-order valence-corrected chi connectivity index (χ0v) is 11.7. The number of thiazole rings is 1. The minimum Gasteiger partial charge on any atom is -0.386 e. The van der Waals surface area contributed by atoms with Crippen molar-refractivity contribution in [2.24, 2.45) is 5.73 Å². The van der Waals surface area contributed by atoms with Gasteiger partial charge in [-0.05, 0) is 26.3 Å². The highest BCUT2D eigenvalue weighted by atomic mass is 32.1. The fourth-order valence-corrected chi connectivity index (χ4v) is 3.15. The van der Waals surface area contributed by atoms with Crippen LogP contribution in [0.1, 0.15) is 27.8 Å². The molecule has 0 spiro atoms. The van der Waals surface area contributed by atoms with Crippen molar-refractivity contribution in [2.75, 3.05) is 6.54 Å². The molecule has 0 amide bonds. The van der Waals surface area contributed by atoms with Crippen molar-refractivity contribution in [2.45, 2.75) is 26.9 Å². The predicted molar refractivity (Wildman–Crippen MR) is 75.8 cm³/mol. The second-order valence-electron chi connectivity index (χ2n) is 4.54. The summed E-state index contributed by atoms with van der Waals surface area (Å²) in [5, 5.41) is 10.8. The topological polar surface area (TPSA) is 59.1 Å². The Bertz CT molecular complexity index is 563. The summed E-state index contributed by atoms with van der Waals surface area (Å²) in [7, 11) is 0. The monoisotopic (exact) mass is 262 g/mol. The maximum Gasteiger partial charge on any atom is 0.124 e. The highest BCUT2D eigenvalue weighted by molar-refractivity contribution is 7.15. The number of nitrogens with zero attached hydrogens (tertiary/aromatic N) is 1. The average Bonchev–Trinajstić information content (AvgIpc) is 2.70. The van der Waals surface area contributed by atoms with Gasteiger partial charge in [-0.15, -0.1) is 11.3 Å². The van der Waals surface area contributed by atoms with Crippen molar-refractivity contribution >= 4 is 11.3 Å². The number of aromatic nitrogens is 1. The van der Waals surface area contributed by atoms with Crippen LogP contribution in [0.15, 0.2) is 18.2 Å². The van der Waals surface area contributed by atoms with Crippen LogP contribution in [-0.2, 0) is 0 Å². The van der Waals surface area contributed by atoms with E-state index in [4.69, 9.17) is 5.73 Å². The molecule has 2 aromatic rings. The number of hydrogen-bond acceptors (Lipinski definition) is 4. The van der Waals surface area contributed by atoms with Crippen LogP contribution in [0, 0.1) is 20.8 Å². The van der Waals surface area contributed by atoms with Gasteiger partial charge in [0.2, 0.25) is 0 Å². The van der Waals surface area contributed by atoms with Crippen LogP contribution in [-0.4, -0.2) is 16.6 Å². The molecule has 1 unspecified atom stereocenters. The molecule has 0 fully saturated rings. The molecule has 0 aliphatic rings. The number of nitrogens with two attached hydrogens (primary N) is 1. The molecule has 3 N–H and O–H groups in total. The van der Waals surface area contributed by atoms with Crippen LogP contribution in [0.4, 0.5) is 0 Å². The van der Waals surface area contributed by atoms with Gasteiger partial charge in [-0.3, -0.25) is 0 Å². The maximum atomic E-state index is 9.83. The minimum absolute atomic E-state index is 0.232. The molecular formula is C14H18N2OS. The molecule has 1 aromatic heterocycles. The molecule has 0 radical (unpaired) electrons. The second-order valence-corrected chi connectivity index (χ2v) is 5.57. The van der Waals surface area contributed by atoms with E-state index in [1.807, 2.05) is 6.92 Å². The predicted octanol–water partition coefficient (Wildman–Crippen LogP) is 2.73. The van der Waals surface area contributed by atoms with Gasteiger partial charge in [0, 0.05) is 12.1 Å². The Labute approximate surface area is 111 Å². The Balaban J connectivity index is 2.45. The van der Waals surface area contributed by atoms with Gasteiger partial charge in [0.25, 0.3) is 0 Å². The van der Waals surface area contributed by atoms with Gasteiger partial charge in [-0.1, -0.05) is 23.8 Å². The van der Waals surface area contributed by atoms with Crippen LogP contribution in [0.2, 0.25) is 0 Å². The molecule has 1 atom stereocenters. The first-order valence-electron chi connectivity index (χ1n) is 5.96. The highest BCUT2D eigenvalue weighted by Crippen LogP contribution is 2.33. The second kappa shape index (κ2) is 5.18. The smallest absolute Gasteiger partial charge is 0.124 e. The van der Waals surface area contributed by atoms with Crippen LogP contribution >= 0.6 is 11.3 Å². The summed E-state index contributed by atoms with van der Waals surface area (Å²) < 4.78 is 0. The quantitative estimate of drug-likeness (QED) is 0.894. The zero-order chi connectivity index (χ0) is 13.3. The van der Waals surface area contributed by atoms with Gasteiger partial charge < -0.3 is 10.8 Å². The minimum atomic E-state index is -0.609. The molecule has 0 saturated heterocycles. The standard InChI is InChI=1S/C14H18N2OS/c1-8-4-5-11(9(2)6-8)14-16-10(3)13(18-14)12(17)7-15/h4-6,12,17H,7,15H2,1-3H3. The molecule has 0 bridgehead atoms. The Hall–Kier alpha value is -1.23. The van der Waals surface area contributed by atoms with E-state index in [9.17, 15) is 5.11 Å². The first-order chi connectivity index (χ1) is 8.52. The number of benzene rings is 1. The van der Waals surface area contributed by atoms with Gasteiger partial charge in [0.15, 0.2) is 0 Å². The molecular weight excluding hydrogens is 244 g/mol. The van der Waals surface area contributed by atoms with Crippen molar-refractivity contribution < 1.29 is 5.11 Å². The van der Waals surface area contributed by atoms with E-state index in [0.717, 1.165) is 21.1 Å². The van der Waals surface area contributed by atoms with Crippen molar-refractivity contribution in [1.82, 2.24) is 4.98 Å². The highest BCUT2D eigenvalue weighted by Gasteiger charge is 2.16. The summed E-state index contributed by atoms with van der Waals surface area (Å²) in [5.74, 6) is 0. The summed E-state index contributed by atoms with van der Waals surface area (Å²) in [6.07, 6.45) is -0.609. The molecule has 1 heterocycles. The lowest BCUT2D eigenvalue weighted by molar-refractivity contribution is 0.189. The molecule has 0 saturated carbocycles. The summed E-state index contributed by atoms with van der Waals surface area (Å²) in [4.78, 5) is 5.41. The summed E-state index contributed by atoms with van der Waals surface area (Å²) in [6.45, 7) is 6.30. The number of aliphatic hydroxyl groups is 1. The van der Waals surface area contributed by atoms with Crippen LogP contribution in [0.5, 0.6) is 0 Å². The van der Waals surface area contributed by atoms with Gasteiger partial charge in [-0.2, -0.15) is 0 Å². The summed E-state index contributed by atoms with van der Waals surface area (Å²) in [5.41, 5.74) is 9.95. The van der Waals surface area contributed by atoms with E-state index in [1.165, 1.54) is 22.5 Å². The number of aryl methyl sites for hydroxylation is 3. The zero-order valence-electron chi connectivity index (χ0n) is 10.9. The van der Waals surface area contributed by atoms with Crippen molar-refractivity contribution in [3.8, 4) is 10.6 Å². The average molecular weight is 262 g/mol. The fourth-order valence-electron chi connectivity index (χ4n) is 1.99. The van der Waals surface area contributed by atoms with E-state index in [2.05, 4.69) is 37.0 Å².